The molecule has 2 nitrogen and oxygen atoms in total. The molecule has 3 rings (SSSR count). The van der Waals surface area contributed by atoms with Gasteiger partial charge in [-0.2, -0.15) is 11.8 Å². The molecule has 1 heterocycles. The van der Waals surface area contributed by atoms with Crippen LogP contribution >= 0.6 is 11.8 Å². The molecule has 0 aromatic heterocycles. The standard InChI is InChI=1S/C18H28N2S/c1-14-13-20(16-8-10-17(21-2)11-9-16)18(12-19-14)15-6-4-3-5-7-15/h3-7,14,16-19H,8-13H2,1-2H3. The van der Waals surface area contributed by atoms with E-state index in [0.29, 0.717) is 12.1 Å². The monoisotopic (exact) mass is 304 g/mol. The van der Waals surface area contributed by atoms with Crippen LogP contribution < -0.4 is 5.32 Å². The number of rotatable bonds is 3. The highest BCUT2D eigenvalue weighted by molar-refractivity contribution is 7.99. The van der Waals surface area contributed by atoms with Crippen LogP contribution in [0.1, 0.15) is 44.2 Å². The third-order valence-electron chi connectivity index (χ3n) is 5.18. The zero-order chi connectivity index (χ0) is 14.7. The molecule has 0 bridgehead atoms. The quantitative estimate of drug-likeness (QED) is 0.917. The second kappa shape index (κ2) is 7.17. The predicted octanol–water partition coefficient (Wildman–Crippen LogP) is 3.70. The molecule has 2 aliphatic rings. The van der Waals surface area contributed by atoms with Gasteiger partial charge >= 0.3 is 0 Å². The fourth-order valence-electron chi connectivity index (χ4n) is 3.94. The van der Waals surface area contributed by atoms with E-state index in [1.54, 1.807) is 0 Å². The van der Waals surface area contributed by atoms with Gasteiger partial charge in [0.15, 0.2) is 0 Å². The lowest BCUT2D eigenvalue weighted by molar-refractivity contribution is 0.0655. The average Bonchev–Trinajstić information content (AvgIpc) is 2.56. The summed E-state index contributed by atoms with van der Waals surface area (Å²) in [6, 6.07) is 13.0. The number of piperazine rings is 1. The zero-order valence-corrected chi connectivity index (χ0v) is 14.1. The zero-order valence-electron chi connectivity index (χ0n) is 13.3. The van der Waals surface area contributed by atoms with Crippen LogP contribution in [0.25, 0.3) is 0 Å². The van der Waals surface area contributed by atoms with Crippen LogP contribution in [0, 0.1) is 0 Å². The highest BCUT2D eigenvalue weighted by atomic mass is 32.2. The minimum absolute atomic E-state index is 0.554. The molecule has 1 saturated carbocycles. The van der Waals surface area contributed by atoms with E-state index in [0.717, 1.165) is 17.8 Å². The largest absolute Gasteiger partial charge is 0.311 e. The van der Waals surface area contributed by atoms with Crippen molar-refractivity contribution in [2.24, 2.45) is 0 Å². The van der Waals surface area contributed by atoms with Gasteiger partial charge in [-0.15, -0.1) is 0 Å². The van der Waals surface area contributed by atoms with E-state index < -0.39 is 0 Å². The van der Waals surface area contributed by atoms with Crippen LogP contribution in [-0.2, 0) is 0 Å². The van der Waals surface area contributed by atoms with Crippen molar-refractivity contribution in [3.8, 4) is 0 Å². The molecular weight excluding hydrogens is 276 g/mol. The Morgan fingerprint density at radius 1 is 1.10 bits per heavy atom. The molecule has 1 aromatic carbocycles. The van der Waals surface area contributed by atoms with Crippen molar-refractivity contribution in [3.05, 3.63) is 35.9 Å². The van der Waals surface area contributed by atoms with E-state index in [2.05, 4.69) is 65.5 Å². The number of nitrogens with zero attached hydrogens (tertiary/aromatic N) is 1. The first-order chi connectivity index (χ1) is 10.3. The molecule has 1 aliphatic carbocycles. The van der Waals surface area contributed by atoms with Gasteiger partial charge in [0.05, 0.1) is 0 Å². The minimum Gasteiger partial charge on any atom is -0.311 e. The van der Waals surface area contributed by atoms with Crippen LogP contribution in [0.15, 0.2) is 30.3 Å². The Morgan fingerprint density at radius 2 is 1.81 bits per heavy atom. The highest BCUT2D eigenvalue weighted by Gasteiger charge is 2.34. The fraction of sp³-hybridized carbons (Fsp3) is 0.667. The summed E-state index contributed by atoms with van der Waals surface area (Å²) in [5.74, 6) is 0. The van der Waals surface area contributed by atoms with Crippen molar-refractivity contribution in [2.75, 3.05) is 19.3 Å². The first-order valence-corrected chi connectivity index (χ1v) is 9.63. The van der Waals surface area contributed by atoms with Crippen LogP contribution in [0.3, 0.4) is 0 Å². The Bertz CT molecular complexity index is 428. The lowest BCUT2D eigenvalue weighted by atomic mass is 9.90. The second-order valence-corrected chi connectivity index (χ2v) is 7.74. The number of nitrogens with one attached hydrogen (secondary N) is 1. The molecule has 2 fully saturated rings. The maximum atomic E-state index is 3.67. The van der Waals surface area contributed by atoms with Crippen molar-refractivity contribution in [3.63, 3.8) is 0 Å². The lowest BCUT2D eigenvalue weighted by Crippen LogP contribution is -2.55. The summed E-state index contributed by atoms with van der Waals surface area (Å²) in [6.07, 6.45) is 7.81. The van der Waals surface area contributed by atoms with E-state index in [-0.39, 0.29) is 0 Å². The summed E-state index contributed by atoms with van der Waals surface area (Å²) >= 11 is 2.06. The van der Waals surface area contributed by atoms with Gasteiger partial charge < -0.3 is 5.32 Å². The Morgan fingerprint density at radius 3 is 2.48 bits per heavy atom. The summed E-state index contributed by atoms with van der Waals surface area (Å²) in [5, 5.41) is 4.57. The normalized spacial score (nSPS) is 34.8. The number of benzene rings is 1. The Labute approximate surface area is 133 Å². The highest BCUT2D eigenvalue weighted by Crippen LogP contribution is 2.34. The molecule has 1 saturated heterocycles. The van der Waals surface area contributed by atoms with Gasteiger partial charge in [-0.05, 0) is 44.4 Å². The molecule has 0 amide bonds. The van der Waals surface area contributed by atoms with Gasteiger partial charge in [-0.1, -0.05) is 30.3 Å². The van der Waals surface area contributed by atoms with E-state index in [9.17, 15) is 0 Å². The van der Waals surface area contributed by atoms with Gasteiger partial charge in [0, 0.05) is 36.5 Å². The Kier molecular flexibility index (Phi) is 5.25. The Balaban J connectivity index is 1.73. The molecule has 0 spiro atoms. The minimum atomic E-state index is 0.554. The SMILES string of the molecule is CSC1CCC(N2CC(C)NCC2c2ccccc2)CC1. The van der Waals surface area contributed by atoms with Crippen molar-refractivity contribution < 1.29 is 0 Å². The van der Waals surface area contributed by atoms with Gasteiger partial charge in [-0.3, -0.25) is 4.90 Å². The summed E-state index contributed by atoms with van der Waals surface area (Å²) in [7, 11) is 0. The van der Waals surface area contributed by atoms with Crippen LogP contribution in [0.4, 0.5) is 0 Å². The first-order valence-electron chi connectivity index (χ1n) is 8.35. The van der Waals surface area contributed by atoms with Crippen molar-refractivity contribution in [2.45, 2.75) is 56.0 Å². The van der Waals surface area contributed by atoms with Crippen molar-refractivity contribution >= 4 is 11.8 Å². The number of thioether (sulfide) groups is 1. The molecule has 1 aliphatic heterocycles. The summed E-state index contributed by atoms with van der Waals surface area (Å²) in [5.41, 5.74) is 1.48. The van der Waals surface area contributed by atoms with E-state index in [1.807, 2.05) is 0 Å². The fourth-order valence-corrected chi connectivity index (χ4v) is 4.68. The molecular formula is C18H28N2S. The van der Waals surface area contributed by atoms with Crippen molar-refractivity contribution in [1.82, 2.24) is 10.2 Å². The summed E-state index contributed by atoms with van der Waals surface area (Å²) in [4.78, 5) is 2.80. The van der Waals surface area contributed by atoms with Crippen LogP contribution in [0.5, 0.6) is 0 Å². The second-order valence-electron chi connectivity index (χ2n) is 6.60. The molecule has 21 heavy (non-hydrogen) atoms. The molecule has 2 unspecified atom stereocenters. The summed E-state index contributed by atoms with van der Waals surface area (Å²) < 4.78 is 0. The third kappa shape index (κ3) is 3.64. The molecule has 1 N–H and O–H groups in total. The third-order valence-corrected chi connectivity index (χ3v) is 6.31. The Hall–Kier alpha value is -0.510. The summed E-state index contributed by atoms with van der Waals surface area (Å²) in [6.45, 7) is 4.60. The number of hydrogen-bond donors (Lipinski definition) is 1. The van der Waals surface area contributed by atoms with E-state index in [1.165, 1.54) is 37.8 Å². The molecule has 3 heteroatoms. The smallest absolute Gasteiger partial charge is 0.0476 e. The topological polar surface area (TPSA) is 15.3 Å². The molecule has 116 valence electrons. The lowest BCUT2D eigenvalue weighted by Gasteiger charge is -2.46. The molecule has 0 radical (unpaired) electrons. The van der Waals surface area contributed by atoms with Gasteiger partial charge in [0.1, 0.15) is 0 Å². The van der Waals surface area contributed by atoms with Gasteiger partial charge in [0.2, 0.25) is 0 Å². The molecule has 1 aromatic rings. The van der Waals surface area contributed by atoms with Gasteiger partial charge in [-0.25, -0.2) is 0 Å². The van der Waals surface area contributed by atoms with E-state index >= 15 is 0 Å². The van der Waals surface area contributed by atoms with E-state index in [4.69, 9.17) is 0 Å². The molecule has 2 atom stereocenters. The average molecular weight is 305 g/mol. The predicted molar refractivity (Wildman–Crippen MR) is 92.9 cm³/mol. The maximum absolute atomic E-state index is 3.67. The van der Waals surface area contributed by atoms with Gasteiger partial charge in [0.25, 0.3) is 0 Å². The first kappa shape index (κ1) is 15.4. The maximum Gasteiger partial charge on any atom is 0.0476 e. The number of hydrogen-bond acceptors (Lipinski definition) is 3. The van der Waals surface area contributed by atoms with Crippen LogP contribution in [-0.4, -0.2) is 41.6 Å². The van der Waals surface area contributed by atoms with Crippen molar-refractivity contribution in [1.29, 1.82) is 0 Å². The van der Waals surface area contributed by atoms with Crippen LogP contribution in [0.2, 0.25) is 0 Å².